The summed E-state index contributed by atoms with van der Waals surface area (Å²) in [5.74, 6) is 1.57. The van der Waals surface area contributed by atoms with Gasteiger partial charge in [-0.2, -0.15) is 0 Å². The fourth-order valence-electron chi connectivity index (χ4n) is 3.50. The summed E-state index contributed by atoms with van der Waals surface area (Å²) in [6.45, 7) is 2.79. The summed E-state index contributed by atoms with van der Waals surface area (Å²) < 4.78 is 11.7. The molecule has 1 saturated heterocycles. The van der Waals surface area contributed by atoms with Crippen molar-refractivity contribution in [3.05, 3.63) is 52.4 Å². The molecule has 0 N–H and O–H groups in total. The lowest BCUT2D eigenvalue weighted by Crippen LogP contribution is -2.48. The standard InChI is InChI=1S/C21H21ClN2O3S/c1-26-14-7-8-18-15(13-14)19(22)20(28-18)21(25)24-11-9-23(10-12-24)16-5-3-4-6-17(16)27-2/h3-8,13H,9-12H2,1-2H3. The first kappa shape index (κ1) is 18.9. The van der Waals surface area contributed by atoms with Crippen molar-refractivity contribution in [2.24, 2.45) is 0 Å². The number of carbonyl (C=O) groups is 1. The number of methoxy groups -OCH3 is 2. The molecule has 0 radical (unpaired) electrons. The third-order valence-corrected chi connectivity index (χ3v) is 6.68. The lowest BCUT2D eigenvalue weighted by molar-refractivity contribution is 0.0752. The molecule has 0 bridgehead atoms. The van der Waals surface area contributed by atoms with Gasteiger partial charge in [-0.15, -0.1) is 11.3 Å². The van der Waals surface area contributed by atoms with Crippen molar-refractivity contribution in [1.82, 2.24) is 4.90 Å². The van der Waals surface area contributed by atoms with Crippen LogP contribution in [-0.4, -0.2) is 51.2 Å². The fraction of sp³-hybridized carbons (Fsp3) is 0.286. The molecule has 146 valence electrons. The van der Waals surface area contributed by atoms with E-state index in [9.17, 15) is 4.79 Å². The summed E-state index contributed by atoms with van der Waals surface area (Å²) in [5, 5.41) is 1.37. The van der Waals surface area contributed by atoms with E-state index in [1.54, 1.807) is 14.2 Å². The van der Waals surface area contributed by atoms with Gasteiger partial charge in [0.2, 0.25) is 0 Å². The van der Waals surface area contributed by atoms with Crippen molar-refractivity contribution >= 4 is 44.6 Å². The summed E-state index contributed by atoms with van der Waals surface area (Å²) in [6.07, 6.45) is 0. The van der Waals surface area contributed by atoms with E-state index in [2.05, 4.69) is 4.90 Å². The number of benzene rings is 2. The van der Waals surface area contributed by atoms with Crippen molar-refractivity contribution in [2.75, 3.05) is 45.3 Å². The Balaban J connectivity index is 1.51. The second kappa shape index (κ2) is 7.89. The highest BCUT2D eigenvalue weighted by molar-refractivity contribution is 7.21. The van der Waals surface area contributed by atoms with Gasteiger partial charge < -0.3 is 19.3 Å². The molecule has 2 aromatic carbocycles. The van der Waals surface area contributed by atoms with Gasteiger partial charge in [-0.3, -0.25) is 4.79 Å². The third kappa shape index (κ3) is 3.38. The van der Waals surface area contributed by atoms with Gasteiger partial charge in [-0.1, -0.05) is 23.7 Å². The number of halogens is 1. The molecule has 2 heterocycles. The zero-order chi connectivity index (χ0) is 19.7. The monoisotopic (exact) mass is 416 g/mol. The second-order valence-corrected chi connectivity index (χ2v) is 7.99. The van der Waals surface area contributed by atoms with Crippen LogP contribution in [0.4, 0.5) is 5.69 Å². The number of piperazine rings is 1. The molecule has 0 spiro atoms. The lowest BCUT2D eigenvalue weighted by atomic mass is 10.2. The van der Waals surface area contributed by atoms with Crippen LogP contribution in [0.5, 0.6) is 11.5 Å². The Hall–Kier alpha value is -2.44. The first-order valence-electron chi connectivity index (χ1n) is 9.05. The maximum Gasteiger partial charge on any atom is 0.265 e. The van der Waals surface area contributed by atoms with Crippen LogP contribution < -0.4 is 14.4 Å². The van der Waals surface area contributed by atoms with E-state index < -0.39 is 0 Å². The maximum atomic E-state index is 13.1. The van der Waals surface area contributed by atoms with Gasteiger partial charge in [0.05, 0.1) is 24.9 Å². The largest absolute Gasteiger partial charge is 0.497 e. The second-order valence-electron chi connectivity index (χ2n) is 6.56. The molecule has 1 aliphatic heterocycles. The van der Waals surface area contributed by atoms with Crippen LogP contribution in [0.25, 0.3) is 10.1 Å². The molecule has 0 saturated carbocycles. The van der Waals surface area contributed by atoms with Crippen LogP contribution >= 0.6 is 22.9 Å². The maximum absolute atomic E-state index is 13.1. The minimum absolute atomic E-state index is 0.00940. The van der Waals surface area contributed by atoms with Crippen molar-refractivity contribution < 1.29 is 14.3 Å². The predicted molar refractivity (Wildman–Crippen MR) is 114 cm³/mol. The predicted octanol–water partition coefficient (Wildman–Crippen LogP) is 4.53. The third-order valence-electron chi connectivity index (χ3n) is 5.02. The minimum Gasteiger partial charge on any atom is -0.497 e. The number of nitrogens with zero attached hydrogens (tertiary/aromatic N) is 2. The molecule has 1 aliphatic rings. The molecule has 0 atom stereocenters. The minimum atomic E-state index is -0.00940. The van der Waals surface area contributed by atoms with Crippen molar-refractivity contribution in [3.8, 4) is 11.5 Å². The quantitative estimate of drug-likeness (QED) is 0.626. The molecule has 4 rings (SSSR count). The van der Waals surface area contributed by atoms with Crippen LogP contribution in [0.1, 0.15) is 9.67 Å². The summed E-state index contributed by atoms with van der Waals surface area (Å²) in [6, 6.07) is 13.7. The summed E-state index contributed by atoms with van der Waals surface area (Å²) >= 11 is 7.98. The molecular weight excluding hydrogens is 396 g/mol. The topological polar surface area (TPSA) is 42.0 Å². The van der Waals surface area contributed by atoms with Crippen LogP contribution in [0.2, 0.25) is 5.02 Å². The molecule has 5 nitrogen and oxygen atoms in total. The van der Waals surface area contributed by atoms with Gasteiger partial charge in [-0.25, -0.2) is 0 Å². The Bertz CT molecular complexity index is 1010. The number of thiophene rings is 1. The SMILES string of the molecule is COc1ccc2sc(C(=O)N3CCN(c4ccccc4OC)CC3)c(Cl)c2c1. The number of fused-ring (bicyclic) bond motifs is 1. The van der Waals surface area contributed by atoms with Gasteiger partial charge in [0, 0.05) is 36.3 Å². The van der Waals surface area contributed by atoms with Crippen molar-refractivity contribution in [1.29, 1.82) is 0 Å². The van der Waals surface area contributed by atoms with Gasteiger partial charge in [0.25, 0.3) is 5.91 Å². The number of carbonyl (C=O) groups excluding carboxylic acids is 1. The van der Waals surface area contributed by atoms with E-state index in [0.29, 0.717) is 23.0 Å². The molecule has 1 fully saturated rings. The van der Waals surface area contributed by atoms with E-state index in [-0.39, 0.29) is 5.91 Å². The Labute approximate surface area is 173 Å². The fourth-order valence-corrected chi connectivity index (χ4v) is 4.95. The average molecular weight is 417 g/mol. The lowest BCUT2D eigenvalue weighted by Gasteiger charge is -2.36. The highest BCUT2D eigenvalue weighted by Crippen LogP contribution is 2.38. The molecule has 0 unspecified atom stereocenters. The molecule has 1 aromatic heterocycles. The molecule has 1 amide bonds. The molecule has 0 aliphatic carbocycles. The number of hydrogen-bond acceptors (Lipinski definition) is 5. The first-order chi connectivity index (χ1) is 13.6. The smallest absolute Gasteiger partial charge is 0.265 e. The van der Waals surface area contributed by atoms with Gasteiger partial charge >= 0.3 is 0 Å². The highest BCUT2D eigenvalue weighted by atomic mass is 35.5. The molecule has 3 aromatic rings. The Morgan fingerprint density at radius 2 is 1.79 bits per heavy atom. The van der Waals surface area contributed by atoms with Gasteiger partial charge in [0.15, 0.2) is 0 Å². The van der Waals surface area contributed by atoms with Crippen molar-refractivity contribution in [3.63, 3.8) is 0 Å². The zero-order valence-electron chi connectivity index (χ0n) is 15.8. The number of rotatable bonds is 4. The first-order valence-corrected chi connectivity index (χ1v) is 10.2. The van der Waals surface area contributed by atoms with E-state index in [1.165, 1.54) is 11.3 Å². The summed E-state index contributed by atoms with van der Waals surface area (Å²) in [4.78, 5) is 17.8. The Morgan fingerprint density at radius 3 is 2.50 bits per heavy atom. The summed E-state index contributed by atoms with van der Waals surface area (Å²) in [7, 11) is 3.30. The van der Waals surface area contributed by atoms with E-state index in [0.717, 1.165) is 40.4 Å². The van der Waals surface area contributed by atoms with Gasteiger partial charge in [0.1, 0.15) is 16.4 Å². The normalized spacial score (nSPS) is 14.4. The zero-order valence-corrected chi connectivity index (χ0v) is 17.3. The Kier molecular flexibility index (Phi) is 5.33. The number of amides is 1. The van der Waals surface area contributed by atoms with Gasteiger partial charge in [-0.05, 0) is 30.3 Å². The van der Waals surface area contributed by atoms with E-state index in [1.807, 2.05) is 47.4 Å². The Morgan fingerprint density at radius 1 is 1.04 bits per heavy atom. The van der Waals surface area contributed by atoms with Crippen LogP contribution in [0.3, 0.4) is 0 Å². The molecule has 7 heteroatoms. The number of hydrogen-bond donors (Lipinski definition) is 0. The average Bonchev–Trinajstić information content (AvgIpc) is 3.09. The van der Waals surface area contributed by atoms with Crippen LogP contribution in [-0.2, 0) is 0 Å². The van der Waals surface area contributed by atoms with Crippen LogP contribution in [0, 0.1) is 0 Å². The number of anilines is 1. The van der Waals surface area contributed by atoms with Crippen LogP contribution in [0.15, 0.2) is 42.5 Å². The van der Waals surface area contributed by atoms with E-state index in [4.69, 9.17) is 21.1 Å². The van der Waals surface area contributed by atoms with E-state index >= 15 is 0 Å². The number of ether oxygens (including phenoxy) is 2. The molecule has 28 heavy (non-hydrogen) atoms. The summed E-state index contributed by atoms with van der Waals surface area (Å²) in [5.41, 5.74) is 1.06. The molecular formula is C21H21ClN2O3S. The van der Waals surface area contributed by atoms with Crippen molar-refractivity contribution in [2.45, 2.75) is 0 Å². The number of para-hydroxylation sites is 2. The highest BCUT2D eigenvalue weighted by Gasteiger charge is 2.27.